The molecule has 0 aromatic heterocycles. The number of anilines is 1. The zero-order valence-electron chi connectivity index (χ0n) is 14.9. The van der Waals surface area contributed by atoms with Crippen molar-refractivity contribution in [3.8, 4) is 0 Å². The second-order valence-corrected chi connectivity index (χ2v) is 5.85. The van der Waals surface area contributed by atoms with E-state index in [9.17, 15) is 19.2 Å². The molecule has 0 saturated carbocycles. The van der Waals surface area contributed by atoms with Crippen molar-refractivity contribution in [3.05, 3.63) is 30.3 Å². The second-order valence-electron chi connectivity index (χ2n) is 5.85. The molecule has 1 heterocycles. The van der Waals surface area contributed by atoms with Crippen LogP contribution in [-0.2, 0) is 19.1 Å². The number of hydrogen-bond acceptors (Lipinski definition) is 5. The Labute approximate surface area is 152 Å². The van der Waals surface area contributed by atoms with Gasteiger partial charge in [0, 0.05) is 18.7 Å². The molecule has 4 amide bonds. The van der Waals surface area contributed by atoms with E-state index in [1.807, 2.05) is 6.07 Å². The minimum atomic E-state index is -0.665. The van der Waals surface area contributed by atoms with Crippen LogP contribution in [0.4, 0.5) is 10.5 Å². The molecule has 1 fully saturated rings. The van der Waals surface area contributed by atoms with Crippen molar-refractivity contribution in [2.45, 2.75) is 32.7 Å². The van der Waals surface area contributed by atoms with Crippen molar-refractivity contribution in [2.75, 3.05) is 24.6 Å². The highest BCUT2D eigenvalue weighted by atomic mass is 16.5. The smallest absolute Gasteiger partial charge is 0.332 e. The van der Waals surface area contributed by atoms with Gasteiger partial charge in [-0.15, -0.1) is 0 Å². The van der Waals surface area contributed by atoms with Crippen LogP contribution < -0.4 is 10.2 Å². The van der Waals surface area contributed by atoms with Gasteiger partial charge < -0.3 is 10.1 Å². The highest BCUT2D eigenvalue weighted by Crippen LogP contribution is 2.25. The van der Waals surface area contributed by atoms with Crippen molar-refractivity contribution in [1.29, 1.82) is 0 Å². The number of para-hydroxylation sites is 1. The van der Waals surface area contributed by atoms with Crippen molar-refractivity contribution in [3.63, 3.8) is 0 Å². The molecule has 0 unspecified atom stereocenters. The minimum Gasteiger partial charge on any atom is -0.466 e. The highest BCUT2D eigenvalue weighted by Gasteiger charge is 2.43. The van der Waals surface area contributed by atoms with Gasteiger partial charge >= 0.3 is 12.0 Å². The summed E-state index contributed by atoms with van der Waals surface area (Å²) in [4.78, 5) is 50.4. The van der Waals surface area contributed by atoms with Gasteiger partial charge in [0.15, 0.2) is 0 Å². The maximum atomic E-state index is 12.5. The number of nitrogens with zero attached hydrogens (tertiary/aromatic N) is 2. The largest absolute Gasteiger partial charge is 0.466 e. The summed E-state index contributed by atoms with van der Waals surface area (Å²) in [6.07, 6.45) is 0.632. The Morgan fingerprint density at radius 1 is 1.19 bits per heavy atom. The number of benzene rings is 1. The van der Waals surface area contributed by atoms with E-state index in [2.05, 4.69) is 5.32 Å². The summed E-state index contributed by atoms with van der Waals surface area (Å²) in [7, 11) is 0. The first kappa shape index (κ1) is 19.4. The summed E-state index contributed by atoms with van der Waals surface area (Å²) in [5.74, 6) is -1.18. The molecule has 2 rings (SSSR count). The molecule has 26 heavy (non-hydrogen) atoms. The zero-order chi connectivity index (χ0) is 19.1. The summed E-state index contributed by atoms with van der Waals surface area (Å²) in [6.45, 7) is 3.60. The number of hydrogen-bond donors (Lipinski definition) is 1. The zero-order valence-corrected chi connectivity index (χ0v) is 14.9. The first-order valence-electron chi connectivity index (χ1n) is 8.57. The monoisotopic (exact) mass is 361 g/mol. The van der Waals surface area contributed by atoms with E-state index >= 15 is 0 Å². The van der Waals surface area contributed by atoms with Gasteiger partial charge in [-0.2, -0.15) is 0 Å². The molecule has 8 nitrogen and oxygen atoms in total. The molecular weight excluding hydrogens is 338 g/mol. The molecule has 1 aliphatic rings. The lowest BCUT2D eigenvalue weighted by Crippen LogP contribution is -2.41. The molecule has 1 aromatic carbocycles. The molecule has 1 N–H and O–H groups in total. The average Bonchev–Trinajstić information content (AvgIpc) is 2.83. The van der Waals surface area contributed by atoms with E-state index < -0.39 is 23.9 Å². The third kappa shape index (κ3) is 4.59. The number of amides is 4. The Bertz CT molecular complexity index is 677. The van der Waals surface area contributed by atoms with Crippen LogP contribution in [0.3, 0.4) is 0 Å². The number of rotatable bonds is 8. The average molecular weight is 361 g/mol. The molecular formula is C18H23N3O5. The van der Waals surface area contributed by atoms with Crippen LogP contribution in [-0.4, -0.2) is 54.5 Å². The number of ether oxygens (including phenoxy) is 1. The van der Waals surface area contributed by atoms with Crippen LogP contribution in [0.5, 0.6) is 0 Å². The lowest BCUT2D eigenvalue weighted by Gasteiger charge is -2.19. The first-order chi connectivity index (χ1) is 12.5. The van der Waals surface area contributed by atoms with Gasteiger partial charge in [-0.05, 0) is 32.4 Å². The number of nitrogens with one attached hydrogen (secondary N) is 1. The Balaban J connectivity index is 1.87. The molecule has 0 aliphatic carbocycles. The number of esters is 1. The number of urea groups is 1. The van der Waals surface area contributed by atoms with Crippen molar-refractivity contribution in [1.82, 2.24) is 10.2 Å². The van der Waals surface area contributed by atoms with E-state index in [4.69, 9.17) is 4.74 Å². The first-order valence-corrected chi connectivity index (χ1v) is 8.57. The maximum absolute atomic E-state index is 12.5. The molecule has 0 spiro atoms. The van der Waals surface area contributed by atoms with Crippen LogP contribution in [0, 0.1) is 0 Å². The van der Waals surface area contributed by atoms with Crippen LogP contribution in [0.2, 0.25) is 0 Å². The maximum Gasteiger partial charge on any atom is 0.332 e. The molecule has 1 saturated heterocycles. The summed E-state index contributed by atoms with van der Waals surface area (Å²) >= 11 is 0. The molecule has 1 aliphatic heterocycles. The van der Waals surface area contributed by atoms with Gasteiger partial charge in [0.2, 0.25) is 5.91 Å². The van der Waals surface area contributed by atoms with Crippen LogP contribution in [0.1, 0.15) is 26.7 Å². The van der Waals surface area contributed by atoms with Gasteiger partial charge in [-0.3, -0.25) is 24.2 Å². The fourth-order valence-corrected chi connectivity index (χ4v) is 2.69. The molecule has 140 valence electrons. The van der Waals surface area contributed by atoms with E-state index in [1.54, 1.807) is 38.1 Å². The Morgan fingerprint density at radius 3 is 2.54 bits per heavy atom. The summed E-state index contributed by atoms with van der Waals surface area (Å²) in [5, 5.41) is 2.61. The predicted octanol–water partition coefficient (Wildman–Crippen LogP) is 1.30. The molecule has 8 heteroatoms. The summed E-state index contributed by atoms with van der Waals surface area (Å²) < 4.78 is 4.80. The molecule has 0 radical (unpaired) electrons. The molecule has 0 bridgehead atoms. The molecule has 1 aromatic rings. The normalized spacial score (nSPS) is 16.8. The third-order valence-electron chi connectivity index (χ3n) is 3.97. The quantitative estimate of drug-likeness (QED) is 0.428. The third-order valence-corrected chi connectivity index (χ3v) is 3.97. The Hall–Kier alpha value is -2.90. The van der Waals surface area contributed by atoms with E-state index in [0.717, 1.165) is 4.90 Å². The van der Waals surface area contributed by atoms with Crippen molar-refractivity contribution >= 4 is 29.5 Å². The van der Waals surface area contributed by atoms with E-state index in [0.29, 0.717) is 18.7 Å². The number of carbonyl (C=O) groups is 4. The van der Waals surface area contributed by atoms with Gasteiger partial charge in [-0.1, -0.05) is 18.2 Å². The lowest BCUT2D eigenvalue weighted by molar-refractivity contribution is -0.143. The fourth-order valence-electron chi connectivity index (χ4n) is 2.69. The fraction of sp³-hybridized carbons (Fsp3) is 0.444. The topological polar surface area (TPSA) is 96.0 Å². The second kappa shape index (κ2) is 8.98. The minimum absolute atomic E-state index is 0.203. The highest BCUT2D eigenvalue weighted by molar-refractivity contribution is 6.15. The van der Waals surface area contributed by atoms with Crippen LogP contribution in [0.15, 0.2) is 30.3 Å². The van der Waals surface area contributed by atoms with Gasteiger partial charge in [0.1, 0.15) is 12.6 Å². The van der Waals surface area contributed by atoms with Gasteiger partial charge in [0.05, 0.1) is 6.61 Å². The molecule has 1 atom stereocenters. The van der Waals surface area contributed by atoms with E-state index in [-0.39, 0.29) is 25.5 Å². The standard InChI is InChI=1S/C18H23N3O5/c1-3-26-16(23)10-7-11-19-15(22)12-20-17(24)13(2)21(18(20)25)14-8-5-4-6-9-14/h4-6,8-9,13H,3,7,10-12H2,1-2H3,(H,19,22)/t13-/m0/s1. The van der Waals surface area contributed by atoms with Crippen molar-refractivity contribution < 1.29 is 23.9 Å². The van der Waals surface area contributed by atoms with E-state index in [1.165, 1.54) is 4.90 Å². The lowest BCUT2D eigenvalue weighted by atomic mass is 10.2. The summed E-state index contributed by atoms with van der Waals surface area (Å²) in [5.41, 5.74) is 0.607. The van der Waals surface area contributed by atoms with Gasteiger partial charge in [-0.25, -0.2) is 4.79 Å². The predicted molar refractivity (Wildman–Crippen MR) is 94.4 cm³/mol. The Morgan fingerprint density at radius 2 is 1.88 bits per heavy atom. The number of imide groups is 1. The summed E-state index contributed by atoms with van der Waals surface area (Å²) in [6, 6.07) is 7.66. The number of carbonyl (C=O) groups excluding carboxylic acids is 4. The van der Waals surface area contributed by atoms with Crippen molar-refractivity contribution in [2.24, 2.45) is 0 Å². The van der Waals surface area contributed by atoms with Crippen LogP contribution in [0.25, 0.3) is 0 Å². The Kier molecular flexibility index (Phi) is 6.71. The SMILES string of the molecule is CCOC(=O)CCCNC(=O)CN1C(=O)[C@H](C)N(c2ccccc2)C1=O. The van der Waals surface area contributed by atoms with Gasteiger partial charge in [0.25, 0.3) is 5.91 Å². The van der Waals surface area contributed by atoms with Crippen LogP contribution >= 0.6 is 0 Å².